The average molecular weight is 226 g/mol. The summed E-state index contributed by atoms with van der Waals surface area (Å²) in [7, 11) is 1.35. The van der Waals surface area contributed by atoms with Crippen LogP contribution >= 0.6 is 22.3 Å². The molecule has 0 saturated carbocycles. The van der Waals surface area contributed by atoms with E-state index in [0.29, 0.717) is 5.69 Å². The van der Waals surface area contributed by atoms with Gasteiger partial charge in [-0.2, -0.15) is 0 Å². The van der Waals surface area contributed by atoms with E-state index in [4.69, 9.17) is 28.0 Å². The van der Waals surface area contributed by atoms with Crippen LogP contribution in [-0.4, -0.2) is 8.42 Å². The minimum Gasteiger partial charge on any atom is -0.398 e. The van der Waals surface area contributed by atoms with Crippen LogP contribution in [0.25, 0.3) is 0 Å². The highest BCUT2D eigenvalue weighted by Crippen LogP contribution is 2.24. The second-order valence-electron chi connectivity index (χ2n) is 2.12. The fraction of sp³-hybridized carbons (Fsp3) is 0. The third-order valence-corrected chi connectivity index (χ3v) is 2.93. The molecule has 1 aromatic rings. The van der Waals surface area contributed by atoms with Crippen molar-refractivity contribution in [1.82, 2.24) is 0 Å². The summed E-state index contributed by atoms with van der Waals surface area (Å²) in [6, 6.07) is 3.89. The van der Waals surface area contributed by atoms with E-state index in [2.05, 4.69) is 0 Å². The van der Waals surface area contributed by atoms with Crippen LogP contribution in [-0.2, 0) is 9.05 Å². The van der Waals surface area contributed by atoms with Gasteiger partial charge in [0, 0.05) is 10.7 Å². The van der Waals surface area contributed by atoms with Gasteiger partial charge < -0.3 is 5.73 Å². The number of nitrogens with two attached hydrogens (primary N) is 1. The Bertz CT molecular complexity index is 402. The Balaban J connectivity index is 3.33. The van der Waals surface area contributed by atoms with Crippen LogP contribution in [0.15, 0.2) is 23.1 Å². The second-order valence-corrected chi connectivity index (χ2v) is 5.09. The third-order valence-electron chi connectivity index (χ3n) is 1.25. The van der Waals surface area contributed by atoms with E-state index in [1.165, 1.54) is 18.2 Å². The summed E-state index contributed by atoms with van der Waals surface area (Å²) in [5.41, 5.74) is 5.68. The highest BCUT2D eigenvalue weighted by Gasteiger charge is 2.10. The smallest absolute Gasteiger partial charge is 0.261 e. The molecule has 0 unspecified atom stereocenters. The molecule has 6 heteroatoms. The van der Waals surface area contributed by atoms with E-state index in [0.717, 1.165) is 0 Å². The summed E-state index contributed by atoms with van der Waals surface area (Å²) in [5.74, 6) is 0. The van der Waals surface area contributed by atoms with Gasteiger partial charge in [-0.1, -0.05) is 11.6 Å². The summed E-state index contributed by atoms with van der Waals surface area (Å²) in [6.07, 6.45) is 0. The molecule has 2 N–H and O–H groups in total. The predicted octanol–water partition coefficient (Wildman–Crippen LogP) is 1.85. The number of hydrogen-bond donors (Lipinski definition) is 1. The first-order valence-corrected chi connectivity index (χ1v) is 5.59. The minimum absolute atomic E-state index is 0.0524. The SMILES string of the molecule is Nc1ccc(S(=O)(=O)Cl)cc1Cl. The third kappa shape index (κ3) is 2.03. The maximum absolute atomic E-state index is 10.8. The van der Waals surface area contributed by atoms with Gasteiger partial charge in [-0.3, -0.25) is 0 Å². The van der Waals surface area contributed by atoms with Gasteiger partial charge in [0.1, 0.15) is 0 Å². The summed E-state index contributed by atoms with van der Waals surface area (Å²) < 4.78 is 21.5. The molecular formula is C6H5Cl2NO2S. The zero-order chi connectivity index (χ0) is 9.35. The summed E-state index contributed by atoms with van der Waals surface area (Å²) >= 11 is 5.57. The maximum atomic E-state index is 10.8. The zero-order valence-electron chi connectivity index (χ0n) is 5.79. The van der Waals surface area contributed by atoms with Crippen LogP contribution < -0.4 is 5.73 Å². The van der Waals surface area contributed by atoms with Gasteiger partial charge in [0.2, 0.25) is 0 Å². The van der Waals surface area contributed by atoms with Gasteiger partial charge in [-0.25, -0.2) is 8.42 Å². The van der Waals surface area contributed by atoms with Crippen LogP contribution in [0.1, 0.15) is 0 Å². The van der Waals surface area contributed by atoms with E-state index < -0.39 is 9.05 Å². The topological polar surface area (TPSA) is 60.2 Å². The normalized spacial score (nSPS) is 11.5. The van der Waals surface area contributed by atoms with Crippen molar-refractivity contribution in [2.24, 2.45) is 0 Å². The molecule has 0 aromatic heterocycles. The van der Waals surface area contributed by atoms with Crippen molar-refractivity contribution >= 4 is 37.0 Å². The molecule has 0 radical (unpaired) electrons. The lowest BCUT2D eigenvalue weighted by atomic mass is 10.3. The molecule has 0 aliphatic heterocycles. The number of anilines is 1. The summed E-state index contributed by atoms with van der Waals surface area (Å²) in [6.45, 7) is 0. The first-order chi connectivity index (χ1) is 5.41. The Morgan fingerprint density at radius 1 is 1.33 bits per heavy atom. The first kappa shape index (κ1) is 9.64. The molecule has 3 nitrogen and oxygen atoms in total. The molecule has 0 amide bonds. The van der Waals surface area contributed by atoms with Crippen molar-refractivity contribution < 1.29 is 8.42 Å². The standard InChI is InChI=1S/C6H5Cl2NO2S/c7-5-3-4(12(8,10)11)1-2-6(5)9/h1-3H,9H2. The van der Waals surface area contributed by atoms with Crippen molar-refractivity contribution in [3.8, 4) is 0 Å². The van der Waals surface area contributed by atoms with Gasteiger partial charge in [0.25, 0.3) is 9.05 Å². The lowest BCUT2D eigenvalue weighted by molar-refractivity contribution is 0.609. The maximum Gasteiger partial charge on any atom is 0.261 e. The number of benzene rings is 1. The molecule has 0 atom stereocenters. The number of halogens is 2. The molecule has 1 aromatic carbocycles. The van der Waals surface area contributed by atoms with E-state index in [-0.39, 0.29) is 9.92 Å². The zero-order valence-corrected chi connectivity index (χ0v) is 8.12. The fourth-order valence-corrected chi connectivity index (χ4v) is 1.68. The van der Waals surface area contributed by atoms with Gasteiger partial charge >= 0.3 is 0 Å². The molecule has 0 aliphatic rings. The second kappa shape index (κ2) is 3.12. The Morgan fingerprint density at radius 2 is 1.92 bits per heavy atom. The van der Waals surface area contributed by atoms with Gasteiger partial charge in [0.15, 0.2) is 0 Å². The quantitative estimate of drug-likeness (QED) is 0.587. The predicted molar refractivity (Wildman–Crippen MR) is 48.9 cm³/mol. The van der Waals surface area contributed by atoms with Crippen molar-refractivity contribution in [2.45, 2.75) is 4.90 Å². The molecule has 0 saturated heterocycles. The van der Waals surface area contributed by atoms with Crippen LogP contribution in [0.3, 0.4) is 0 Å². The minimum atomic E-state index is -3.71. The van der Waals surface area contributed by atoms with Crippen LogP contribution in [0.5, 0.6) is 0 Å². The molecule has 0 spiro atoms. The van der Waals surface area contributed by atoms with E-state index in [1.54, 1.807) is 0 Å². The van der Waals surface area contributed by atoms with Crippen LogP contribution in [0, 0.1) is 0 Å². The highest BCUT2D eigenvalue weighted by molar-refractivity contribution is 8.13. The van der Waals surface area contributed by atoms with E-state index in [1.807, 2.05) is 0 Å². The van der Waals surface area contributed by atoms with Crippen molar-refractivity contribution in [1.29, 1.82) is 0 Å². The van der Waals surface area contributed by atoms with E-state index >= 15 is 0 Å². The molecule has 0 heterocycles. The monoisotopic (exact) mass is 225 g/mol. The molecule has 66 valence electrons. The highest BCUT2D eigenvalue weighted by atomic mass is 35.7. The van der Waals surface area contributed by atoms with Crippen molar-refractivity contribution in [3.05, 3.63) is 23.2 Å². The number of nitrogen functional groups attached to an aromatic ring is 1. The molecule has 0 fully saturated rings. The number of rotatable bonds is 1. The van der Waals surface area contributed by atoms with Crippen molar-refractivity contribution in [3.63, 3.8) is 0 Å². The van der Waals surface area contributed by atoms with E-state index in [9.17, 15) is 8.42 Å². The van der Waals surface area contributed by atoms with Gasteiger partial charge in [-0.05, 0) is 18.2 Å². The lowest BCUT2D eigenvalue weighted by Crippen LogP contribution is -1.92. The Hall–Kier alpha value is -0.450. The van der Waals surface area contributed by atoms with Crippen molar-refractivity contribution in [2.75, 3.05) is 5.73 Å². The Morgan fingerprint density at radius 3 is 2.33 bits per heavy atom. The largest absolute Gasteiger partial charge is 0.398 e. The first-order valence-electron chi connectivity index (χ1n) is 2.91. The molecular weight excluding hydrogens is 221 g/mol. The van der Waals surface area contributed by atoms with Crippen LogP contribution in [0.2, 0.25) is 5.02 Å². The Kier molecular flexibility index (Phi) is 2.51. The summed E-state index contributed by atoms with van der Waals surface area (Å²) in [4.78, 5) is -0.0524. The number of hydrogen-bond acceptors (Lipinski definition) is 3. The molecule has 0 aliphatic carbocycles. The fourth-order valence-electron chi connectivity index (χ4n) is 0.660. The summed E-state index contributed by atoms with van der Waals surface area (Å²) in [5, 5.41) is 0.178. The molecule has 12 heavy (non-hydrogen) atoms. The molecule has 1 rings (SSSR count). The van der Waals surface area contributed by atoms with Gasteiger partial charge in [-0.15, -0.1) is 0 Å². The Labute approximate surface area is 79.5 Å². The van der Waals surface area contributed by atoms with Crippen LogP contribution in [0.4, 0.5) is 5.69 Å². The lowest BCUT2D eigenvalue weighted by Gasteiger charge is -1.99. The molecule has 0 bridgehead atoms. The van der Waals surface area contributed by atoms with Gasteiger partial charge in [0.05, 0.1) is 15.6 Å². The average Bonchev–Trinajstić information content (AvgIpc) is 1.92.